The van der Waals surface area contributed by atoms with Crippen LogP contribution in [0.3, 0.4) is 0 Å². The zero-order valence-electron chi connectivity index (χ0n) is 9.94. The summed E-state index contributed by atoms with van der Waals surface area (Å²) in [5.74, 6) is -0.680. The molecule has 6 nitrogen and oxygen atoms in total. The number of amides is 1. The lowest BCUT2D eigenvalue weighted by atomic mass is 10.1. The van der Waals surface area contributed by atoms with Gasteiger partial charge >= 0.3 is 0 Å². The van der Waals surface area contributed by atoms with Crippen LogP contribution in [0.4, 0.5) is 4.39 Å². The van der Waals surface area contributed by atoms with Gasteiger partial charge in [0.15, 0.2) is 5.82 Å². The Kier molecular flexibility index (Phi) is 3.31. The van der Waals surface area contributed by atoms with Crippen LogP contribution in [0.15, 0.2) is 18.2 Å². The van der Waals surface area contributed by atoms with Crippen LogP contribution in [0.5, 0.6) is 0 Å². The molecular weight excluding hydrogens is 237 g/mol. The fourth-order valence-electron chi connectivity index (χ4n) is 1.51. The Bertz CT molecular complexity index is 555. The molecule has 0 saturated carbocycles. The molecule has 1 heterocycles. The van der Waals surface area contributed by atoms with E-state index < -0.39 is 17.8 Å². The molecule has 0 spiro atoms. The average Bonchev–Trinajstić information content (AvgIpc) is 2.86. The van der Waals surface area contributed by atoms with Gasteiger partial charge in [0, 0.05) is 0 Å². The fourth-order valence-corrected chi connectivity index (χ4v) is 1.51. The summed E-state index contributed by atoms with van der Waals surface area (Å²) < 4.78 is 13.7. The molecule has 0 saturated heterocycles. The van der Waals surface area contributed by atoms with E-state index in [1.807, 2.05) is 0 Å². The first-order valence-corrected chi connectivity index (χ1v) is 5.39. The predicted molar refractivity (Wildman–Crippen MR) is 61.2 cm³/mol. The first-order chi connectivity index (χ1) is 8.59. The smallest absolute Gasteiger partial charge is 0.254 e. The van der Waals surface area contributed by atoms with Gasteiger partial charge in [0.25, 0.3) is 5.91 Å². The third kappa shape index (κ3) is 2.34. The fraction of sp³-hybridized carbons (Fsp3) is 0.273. The van der Waals surface area contributed by atoms with Crippen molar-refractivity contribution >= 4 is 5.91 Å². The highest BCUT2D eigenvalue weighted by atomic mass is 19.1. The van der Waals surface area contributed by atoms with E-state index in [4.69, 9.17) is 0 Å². The molecule has 1 atom stereocenters. The van der Waals surface area contributed by atoms with Crippen molar-refractivity contribution in [3.05, 3.63) is 41.0 Å². The van der Waals surface area contributed by atoms with Gasteiger partial charge in [-0.25, -0.2) is 4.39 Å². The quantitative estimate of drug-likeness (QED) is 0.854. The molecule has 2 aromatic rings. The van der Waals surface area contributed by atoms with Gasteiger partial charge in [0.2, 0.25) is 0 Å². The second-order valence-corrected chi connectivity index (χ2v) is 3.90. The monoisotopic (exact) mass is 249 g/mol. The minimum atomic E-state index is -0.518. The Balaban J connectivity index is 2.15. The number of hydrogen-bond acceptors (Lipinski definition) is 4. The lowest BCUT2D eigenvalue weighted by Gasteiger charge is -2.11. The van der Waals surface area contributed by atoms with Crippen LogP contribution >= 0.6 is 0 Å². The number of H-pyrrole nitrogens is 1. The van der Waals surface area contributed by atoms with Crippen molar-refractivity contribution in [3.63, 3.8) is 0 Å². The molecule has 0 fully saturated rings. The number of nitrogens with one attached hydrogen (secondary N) is 2. The van der Waals surface area contributed by atoms with Gasteiger partial charge in [-0.3, -0.25) is 4.79 Å². The van der Waals surface area contributed by atoms with Crippen molar-refractivity contribution in [2.24, 2.45) is 0 Å². The van der Waals surface area contributed by atoms with Crippen LogP contribution in [-0.4, -0.2) is 26.5 Å². The number of rotatable bonds is 3. The van der Waals surface area contributed by atoms with Gasteiger partial charge in [-0.05, 0) is 25.5 Å². The summed E-state index contributed by atoms with van der Waals surface area (Å²) >= 11 is 0. The SMILES string of the molecule is Cc1cccc(C(=O)NC(C)c2nn[nH]n2)c1F. The summed E-state index contributed by atoms with van der Waals surface area (Å²) in [7, 11) is 0. The summed E-state index contributed by atoms with van der Waals surface area (Å²) in [5, 5.41) is 15.8. The van der Waals surface area contributed by atoms with Gasteiger partial charge in [-0.2, -0.15) is 5.21 Å². The molecule has 0 radical (unpaired) electrons. The molecule has 1 aromatic heterocycles. The zero-order chi connectivity index (χ0) is 13.1. The Morgan fingerprint density at radius 3 is 2.94 bits per heavy atom. The summed E-state index contributed by atoms with van der Waals surface area (Å²) in [4.78, 5) is 11.9. The highest BCUT2D eigenvalue weighted by Crippen LogP contribution is 2.13. The third-order valence-corrected chi connectivity index (χ3v) is 2.53. The molecule has 0 aliphatic heterocycles. The van der Waals surface area contributed by atoms with Crippen LogP contribution in [0.2, 0.25) is 0 Å². The number of nitrogens with zero attached hydrogens (tertiary/aromatic N) is 3. The summed E-state index contributed by atoms with van der Waals surface area (Å²) in [5.41, 5.74) is 0.431. The standard InChI is InChI=1S/C11H12FN5O/c1-6-4-3-5-8(9(6)12)11(18)13-7(2)10-14-16-17-15-10/h3-5,7H,1-2H3,(H,13,18)(H,14,15,16,17). The van der Waals surface area contributed by atoms with E-state index in [2.05, 4.69) is 25.9 Å². The van der Waals surface area contributed by atoms with E-state index >= 15 is 0 Å². The second kappa shape index (κ2) is 4.91. The number of tetrazole rings is 1. The molecule has 18 heavy (non-hydrogen) atoms. The number of aromatic amines is 1. The predicted octanol–water partition coefficient (Wildman–Crippen LogP) is 1.14. The lowest BCUT2D eigenvalue weighted by Crippen LogP contribution is -2.28. The zero-order valence-corrected chi connectivity index (χ0v) is 9.94. The summed E-state index contributed by atoms with van der Waals surface area (Å²) in [6.45, 7) is 3.30. The number of aromatic nitrogens is 4. The summed E-state index contributed by atoms with van der Waals surface area (Å²) in [6.07, 6.45) is 0. The van der Waals surface area contributed by atoms with Crippen molar-refractivity contribution in [3.8, 4) is 0 Å². The Morgan fingerprint density at radius 1 is 1.50 bits per heavy atom. The van der Waals surface area contributed by atoms with Crippen molar-refractivity contribution in [2.45, 2.75) is 19.9 Å². The summed E-state index contributed by atoms with van der Waals surface area (Å²) in [6, 6.07) is 4.22. The van der Waals surface area contributed by atoms with Crippen molar-refractivity contribution in [2.75, 3.05) is 0 Å². The van der Waals surface area contributed by atoms with Crippen molar-refractivity contribution in [1.82, 2.24) is 25.9 Å². The molecular formula is C11H12FN5O. The highest BCUT2D eigenvalue weighted by molar-refractivity contribution is 5.94. The Hall–Kier alpha value is -2.31. The average molecular weight is 249 g/mol. The number of halogens is 1. The molecule has 0 bridgehead atoms. The van der Waals surface area contributed by atoms with Crippen LogP contribution in [0, 0.1) is 12.7 Å². The molecule has 1 aromatic carbocycles. The van der Waals surface area contributed by atoms with E-state index in [1.165, 1.54) is 6.07 Å². The Labute approximate surface area is 103 Å². The molecule has 0 aliphatic rings. The second-order valence-electron chi connectivity index (χ2n) is 3.90. The first-order valence-electron chi connectivity index (χ1n) is 5.39. The minimum absolute atomic E-state index is 0.00495. The maximum Gasteiger partial charge on any atom is 0.254 e. The van der Waals surface area contributed by atoms with Crippen molar-refractivity contribution < 1.29 is 9.18 Å². The van der Waals surface area contributed by atoms with E-state index in [9.17, 15) is 9.18 Å². The number of hydrogen-bond donors (Lipinski definition) is 2. The van der Waals surface area contributed by atoms with E-state index in [1.54, 1.807) is 26.0 Å². The van der Waals surface area contributed by atoms with Crippen LogP contribution in [-0.2, 0) is 0 Å². The highest BCUT2D eigenvalue weighted by Gasteiger charge is 2.18. The van der Waals surface area contributed by atoms with Crippen LogP contribution < -0.4 is 5.32 Å². The molecule has 2 rings (SSSR count). The Morgan fingerprint density at radius 2 is 2.28 bits per heavy atom. The number of carbonyl (C=O) groups excluding carboxylic acids is 1. The van der Waals surface area contributed by atoms with Gasteiger partial charge in [-0.1, -0.05) is 17.3 Å². The maximum absolute atomic E-state index is 13.7. The molecule has 1 unspecified atom stereocenters. The number of aryl methyl sites for hydroxylation is 1. The lowest BCUT2D eigenvalue weighted by molar-refractivity contribution is 0.0934. The van der Waals surface area contributed by atoms with Crippen LogP contribution in [0.25, 0.3) is 0 Å². The van der Waals surface area contributed by atoms with Gasteiger partial charge in [0.1, 0.15) is 5.82 Å². The van der Waals surface area contributed by atoms with Gasteiger partial charge < -0.3 is 5.32 Å². The molecule has 7 heteroatoms. The van der Waals surface area contributed by atoms with Crippen LogP contribution in [0.1, 0.15) is 34.7 Å². The van der Waals surface area contributed by atoms with Gasteiger partial charge in [0.05, 0.1) is 11.6 Å². The molecule has 94 valence electrons. The molecule has 0 aliphatic carbocycles. The topological polar surface area (TPSA) is 83.6 Å². The number of benzene rings is 1. The largest absolute Gasteiger partial charge is 0.342 e. The maximum atomic E-state index is 13.7. The van der Waals surface area contributed by atoms with Gasteiger partial charge in [-0.15, -0.1) is 10.2 Å². The minimum Gasteiger partial charge on any atom is -0.342 e. The molecule has 2 N–H and O–H groups in total. The first kappa shape index (κ1) is 12.2. The van der Waals surface area contributed by atoms with E-state index in [-0.39, 0.29) is 5.56 Å². The third-order valence-electron chi connectivity index (χ3n) is 2.53. The normalized spacial score (nSPS) is 12.2. The van der Waals surface area contributed by atoms with E-state index in [0.717, 1.165) is 0 Å². The van der Waals surface area contributed by atoms with E-state index in [0.29, 0.717) is 11.4 Å². The molecule has 1 amide bonds. The number of carbonyl (C=O) groups is 1. The van der Waals surface area contributed by atoms with Crippen molar-refractivity contribution in [1.29, 1.82) is 0 Å².